The molecule has 1 N–H and O–H groups in total. The van der Waals surface area contributed by atoms with E-state index in [4.69, 9.17) is 0 Å². The van der Waals surface area contributed by atoms with Crippen molar-refractivity contribution in [2.45, 2.75) is 50.4 Å². The van der Waals surface area contributed by atoms with Crippen molar-refractivity contribution < 1.29 is 8.42 Å². The summed E-state index contributed by atoms with van der Waals surface area (Å²) in [5, 5.41) is 3.37. The molecule has 2 heterocycles. The van der Waals surface area contributed by atoms with Gasteiger partial charge in [0.2, 0.25) is 0 Å². The van der Waals surface area contributed by atoms with E-state index in [1.165, 1.54) is 0 Å². The second kappa shape index (κ2) is 4.52. The van der Waals surface area contributed by atoms with Crippen LogP contribution < -0.4 is 5.32 Å². The van der Waals surface area contributed by atoms with Gasteiger partial charge >= 0.3 is 0 Å². The Hall–Kier alpha value is -0.130. The van der Waals surface area contributed by atoms with Crippen LogP contribution in [-0.2, 0) is 9.84 Å². The molecule has 0 saturated carbocycles. The van der Waals surface area contributed by atoms with Gasteiger partial charge in [-0.15, -0.1) is 0 Å². The number of piperazine rings is 1. The number of hydrogen-bond donors (Lipinski definition) is 1. The van der Waals surface area contributed by atoms with Gasteiger partial charge in [0.25, 0.3) is 0 Å². The van der Waals surface area contributed by atoms with Gasteiger partial charge < -0.3 is 5.32 Å². The summed E-state index contributed by atoms with van der Waals surface area (Å²) in [5.74, 6) is 0.390. The molecule has 2 rings (SSSR count). The second-order valence-electron chi connectivity index (χ2n) is 6.17. The highest BCUT2D eigenvalue weighted by molar-refractivity contribution is 7.92. The van der Waals surface area contributed by atoms with Crippen molar-refractivity contribution in [3.05, 3.63) is 0 Å². The first-order valence-electron chi connectivity index (χ1n) is 6.51. The van der Waals surface area contributed by atoms with E-state index < -0.39 is 9.84 Å². The van der Waals surface area contributed by atoms with Gasteiger partial charge in [-0.1, -0.05) is 0 Å². The summed E-state index contributed by atoms with van der Waals surface area (Å²) < 4.78 is 23.7. The highest BCUT2D eigenvalue weighted by Crippen LogP contribution is 2.23. The van der Waals surface area contributed by atoms with E-state index in [1.807, 2.05) is 0 Å². The summed E-state index contributed by atoms with van der Waals surface area (Å²) in [7, 11) is -2.81. The fourth-order valence-electron chi connectivity index (χ4n) is 2.84. The predicted octanol–water partition coefficient (Wildman–Crippen LogP) is 0.636. The molecule has 0 spiro atoms. The lowest BCUT2D eigenvalue weighted by molar-refractivity contribution is 0.104. The molecule has 17 heavy (non-hydrogen) atoms. The smallest absolute Gasteiger partial charge is 0.154 e. The molecule has 0 aliphatic carbocycles. The first-order valence-corrected chi connectivity index (χ1v) is 8.22. The molecule has 2 aliphatic heterocycles. The number of rotatable bonds is 2. The van der Waals surface area contributed by atoms with E-state index in [-0.39, 0.29) is 10.8 Å². The summed E-state index contributed by atoms with van der Waals surface area (Å²) in [6, 6.07) is 0.429. The molecule has 0 aromatic carbocycles. The molecule has 0 radical (unpaired) electrons. The van der Waals surface area contributed by atoms with Crippen molar-refractivity contribution in [2.75, 3.05) is 25.4 Å². The Morgan fingerprint density at radius 3 is 2.71 bits per heavy atom. The summed E-state index contributed by atoms with van der Waals surface area (Å²) in [5.41, 5.74) is 0.0921. The fraction of sp³-hybridized carbons (Fsp3) is 1.00. The van der Waals surface area contributed by atoms with E-state index in [0.29, 0.717) is 18.3 Å². The van der Waals surface area contributed by atoms with Gasteiger partial charge in [0.05, 0.1) is 11.0 Å². The zero-order chi connectivity index (χ0) is 12.7. The van der Waals surface area contributed by atoms with Gasteiger partial charge in [0, 0.05) is 31.2 Å². The van der Waals surface area contributed by atoms with Crippen LogP contribution in [0.3, 0.4) is 0 Å². The van der Waals surface area contributed by atoms with Gasteiger partial charge in [0.1, 0.15) is 0 Å². The molecule has 4 nitrogen and oxygen atoms in total. The zero-order valence-corrected chi connectivity index (χ0v) is 11.9. The molecule has 100 valence electrons. The third-order valence-electron chi connectivity index (χ3n) is 4.00. The molecule has 0 bridgehead atoms. The Labute approximate surface area is 105 Å². The molecule has 5 heteroatoms. The van der Waals surface area contributed by atoms with Crippen LogP contribution in [0.25, 0.3) is 0 Å². The topological polar surface area (TPSA) is 49.4 Å². The number of sulfone groups is 1. The quantitative estimate of drug-likeness (QED) is 0.791. The molecule has 2 aliphatic rings. The van der Waals surface area contributed by atoms with Crippen molar-refractivity contribution in [2.24, 2.45) is 0 Å². The van der Waals surface area contributed by atoms with E-state index in [0.717, 1.165) is 25.9 Å². The van der Waals surface area contributed by atoms with Crippen LogP contribution >= 0.6 is 0 Å². The van der Waals surface area contributed by atoms with Crippen LogP contribution in [0.15, 0.2) is 0 Å². The molecule has 0 aromatic rings. The standard InChI is InChI=1S/C12H24N2O2S/c1-10-7-13-12(2,3)9-14(10)8-11-5-4-6-17(11,15)16/h10-11,13H,4-9H2,1-3H3. The van der Waals surface area contributed by atoms with Crippen molar-refractivity contribution in [1.82, 2.24) is 10.2 Å². The third kappa shape index (κ3) is 3.01. The van der Waals surface area contributed by atoms with Crippen molar-refractivity contribution in [3.63, 3.8) is 0 Å². The first kappa shape index (κ1) is 13.3. The van der Waals surface area contributed by atoms with Crippen LogP contribution in [0.5, 0.6) is 0 Å². The van der Waals surface area contributed by atoms with Gasteiger partial charge in [-0.2, -0.15) is 0 Å². The lowest BCUT2D eigenvalue weighted by atomic mass is 9.99. The van der Waals surface area contributed by atoms with Crippen molar-refractivity contribution in [1.29, 1.82) is 0 Å². The van der Waals surface area contributed by atoms with E-state index >= 15 is 0 Å². The Morgan fingerprint density at radius 2 is 2.12 bits per heavy atom. The number of hydrogen-bond acceptors (Lipinski definition) is 4. The molecule has 2 atom stereocenters. The summed E-state index contributed by atoms with van der Waals surface area (Å²) in [4.78, 5) is 2.34. The van der Waals surface area contributed by atoms with Crippen molar-refractivity contribution in [3.8, 4) is 0 Å². The highest BCUT2D eigenvalue weighted by Gasteiger charge is 2.37. The molecular formula is C12H24N2O2S. The third-order valence-corrected chi connectivity index (χ3v) is 6.26. The van der Waals surface area contributed by atoms with Crippen LogP contribution in [-0.4, -0.2) is 55.5 Å². The lowest BCUT2D eigenvalue weighted by Gasteiger charge is -2.44. The normalized spacial score (nSPS) is 37.1. The van der Waals surface area contributed by atoms with Crippen LogP contribution in [0.2, 0.25) is 0 Å². The zero-order valence-electron chi connectivity index (χ0n) is 11.1. The van der Waals surface area contributed by atoms with Gasteiger partial charge in [-0.3, -0.25) is 4.90 Å². The van der Waals surface area contributed by atoms with E-state index in [2.05, 4.69) is 31.0 Å². The van der Waals surface area contributed by atoms with Crippen LogP contribution in [0, 0.1) is 0 Å². The molecule has 0 amide bonds. The number of nitrogens with one attached hydrogen (secondary N) is 1. The maximum Gasteiger partial charge on any atom is 0.154 e. The van der Waals surface area contributed by atoms with Gasteiger partial charge in [0.15, 0.2) is 9.84 Å². The molecule has 2 fully saturated rings. The monoisotopic (exact) mass is 260 g/mol. The van der Waals surface area contributed by atoms with Crippen molar-refractivity contribution >= 4 is 9.84 Å². The Balaban J connectivity index is 2.02. The van der Waals surface area contributed by atoms with Crippen LogP contribution in [0.1, 0.15) is 33.6 Å². The summed E-state index contributed by atoms with van der Waals surface area (Å²) >= 11 is 0. The lowest BCUT2D eigenvalue weighted by Crippen LogP contribution is -2.61. The van der Waals surface area contributed by atoms with E-state index in [1.54, 1.807) is 0 Å². The average molecular weight is 260 g/mol. The largest absolute Gasteiger partial charge is 0.309 e. The van der Waals surface area contributed by atoms with Gasteiger partial charge in [-0.25, -0.2) is 8.42 Å². The Morgan fingerprint density at radius 1 is 1.41 bits per heavy atom. The molecule has 0 aromatic heterocycles. The maximum atomic E-state index is 11.9. The molecule has 2 unspecified atom stereocenters. The summed E-state index contributed by atoms with van der Waals surface area (Å²) in [6.45, 7) is 9.11. The minimum absolute atomic E-state index is 0.0921. The SMILES string of the molecule is CC1CNC(C)(C)CN1CC1CCCS1(=O)=O. The maximum absolute atomic E-state index is 11.9. The van der Waals surface area contributed by atoms with Gasteiger partial charge in [-0.05, 0) is 33.6 Å². The highest BCUT2D eigenvalue weighted by atomic mass is 32.2. The predicted molar refractivity (Wildman–Crippen MR) is 69.9 cm³/mol. The Kier molecular flexibility index (Phi) is 3.54. The first-order chi connectivity index (χ1) is 7.80. The number of nitrogens with zero attached hydrogens (tertiary/aromatic N) is 1. The molecular weight excluding hydrogens is 236 g/mol. The second-order valence-corrected chi connectivity index (χ2v) is 8.58. The molecule has 2 saturated heterocycles. The summed E-state index contributed by atoms with van der Waals surface area (Å²) in [6.07, 6.45) is 1.69. The van der Waals surface area contributed by atoms with E-state index in [9.17, 15) is 8.42 Å². The fourth-order valence-corrected chi connectivity index (χ4v) is 4.69. The average Bonchev–Trinajstić information content (AvgIpc) is 2.52. The Bertz CT molecular complexity index is 378. The van der Waals surface area contributed by atoms with Crippen LogP contribution in [0.4, 0.5) is 0 Å². The minimum atomic E-state index is -2.81. The minimum Gasteiger partial charge on any atom is -0.309 e.